The Balaban J connectivity index is 2.65. The van der Waals surface area contributed by atoms with Crippen molar-refractivity contribution < 1.29 is 0 Å². The molecular formula is C13H16BrN3. The molecule has 0 spiro atoms. The number of hydrogen-bond donors (Lipinski definition) is 2. The molecule has 1 unspecified atom stereocenters. The summed E-state index contributed by atoms with van der Waals surface area (Å²) in [6.07, 6.45) is 1.04. The van der Waals surface area contributed by atoms with E-state index in [2.05, 4.69) is 41.3 Å². The summed E-state index contributed by atoms with van der Waals surface area (Å²) < 4.78 is 1.04. The zero-order chi connectivity index (χ0) is 12.4. The summed E-state index contributed by atoms with van der Waals surface area (Å²) in [6.45, 7) is 4.31. The van der Waals surface area contributed by atoms with E-state index in [0.29, 0.717) is 5.92 Å². The molecule has 2 rings (SSSR count). The van der Waals surface area contributed by atoms with Gasteiger partial charge in [-0.1, -0.05) is 35.8 Å². The van der Waals surface area contributed by atoms with Crippen LogP contribution in [-0.2, 0) is 0 Å². The molecule has 0 saturated heterocycles. The fraction of sp³-hybridized carbons (Fsp3) is 0.308. The maximum Gasteiger partial charge on any atom is 0.0718 e. The van der Waals surface area contributed by atoms with Gasteiger partial charge in [0.1, 0.15) is 0 Å². The van der Waals surface area contributed by atoms with Gasteiger partial charge >= 0.3 is 0 Å². The summed E-state index contributed by atoms with van der Waals surface area (Å²) in [5.41, 5.74) is 5.68. The fourth-order valence-electron chi connectivity index (χ4n) is 1.84. The lowest BCUT2D eigenvalue weighted by Gasteiger charge is -2.14. The smallest absolute Gasteiger partial charge is 0.0718 e. The average molecular weight is 294 g/mol. The predicted molar refractivity (Wildman–Crippen MR) is 76.0 cm³/mol. The van der Waals surface area contributed by atoms with Crippen molar-refractivity contribution in [3.63, 3.8) is 0 Å². The SMILES string of the molecule is CCC(C)c1nc2cc(Br)ccc2cc1NN. The van der Waals surface area contributed by atoms with Crippen LogP contribution in [0.15, 0.2) is 28.7 Å². The molecule has 2 aromatic rings. The molecule has 0 radical (unpaired) electrons. The van der Waals surface area contributed by atoms with E-state index in [-0.39, 0.29) is 0 Å². The molecule has 3 N–H and O–H groups in total. The lowest BCUT2D eigenvalue weighted by Crippen LogP contribution is -2.11. The van der Waals surface area contributed by atoms with Gasteiger partial charge < -0.3 is 5.43 Å². The third-order valence-corrected chi connectivity index (χ3v) is 3.54. The zero-order valence-corrected chi connectivity index (χ0v) is 11.6. The van der Waals surface area contributed by atoms with E-state index in [1.54, 1.807) is 0 Å². The topological polar surface area (TPSA) is 50.9 Å². The number of rotatable bonds is 3. The zero-order valence-electron chi connectivity index (χ0n) is 10.00. The Morgan fingerprint density at radius 2 is 2.18 bits per heavy atom. The second kappa shape index (κ2) is 5.02. The van der Waals surface area contributed by atoms with E-state index in [9.17, 15) is 0 Å². The number of fused-ring (bicyclic) bond motifs is 1. The molecule has 1 aromatic heterocycles. The highest BCUT2D eigenvalue weighted by Crippen LogP contribution is 2.29. The van der Waals surface area contributed by atoms with Crippen LogP contribution in [0.2, 0.25) is 0 Å². The first-order valence-corrected chi connectivity index (χ1v) is 6.51. The normalized spacial score (nSPS) is 12.7. The molecule has 90 valence electrons. The average Bonchev–Trinajstić information content (AvgIpc) is 2.36. The van der Waals surface area contributed by atoms with Crippen LogP contribution in [0.4, 0.5) is 5.69 Å². The lowest BCUT2D eigenvalue weighted by molar-refractivity contribution is 0.713. The Morgan fingerprint density at radius 1 is 1.41 bits per heavy atom. The highest BCUT2D eigenvalue weighted by atomic mass is 79.9. The Hall–Kier alpha value is -1.13. The van der Waals surface area contributed by atoms with E-state index < -0.39 is 0 Å². The molecule has 0 amide bonds. The number of hydrazine groups is 1. The van der Waals surface area contributed by atoms with Crippen LogP contribution in [-0.4, -0.2) is 4.98 Å². The van der Waals surface area contributed by atoms with E-state index in [4.69, 9.17) is 10.8 Å². The van der Waals surface area contributed by atoms with Gasteiger partial charge in [-0.05, 0) is 24.6 Å². The Kier molecular flexibility index (Phi) is 3.64. The van der Waals surface area contributed by atoms with E-state index in [1.807, 2.05) is 18.2 Å². The number of nitrogen functional groups attached to an aromatic ring is 1. The minimum Gasteiger partial charge on any atom is -0.322 e. The highest BCUT2D eigenvalue weighted by Gasteiger charge is 2.12. The molecule has 0 aliphatic rings. The molecule has 1 atom stereocenters. The maximum atomic E-state index is 5.56. The highest BCUT2D eigenvalue weighted by molar-refractivity contribution is 9.10. The summed E-state index contributed by atoms with van der Waals surface area (Å²) in [5.74, 6) is 5.96. The fourth-order valence-corrected chi connectivity index (χ4v) is 2.19. The van der Waals surface area contributed by atoms with Crippen LogP contribution < -0.4 is 11.3 Å². The number of benzene rings is 1. The van der Waals surface area contributed by atoms with Crippen molar-refractivity contribution in [1.29, 1.82) is 0 Å². The molecule has 3 nitrogen and oxygen atoms in total. The van der Waals surface area contributed by atoms with Gasteiger partial charge in [-0.3, -0.25) is 10.8 Å². The number of anilines is 1. The second-order valence-corrected chi connectivity index (χ2v) is 5.13. The molecule has 0 bridgehead atoms. The third-order valence-electron chi connectivity index (χ3n) is 3.04. The number of hydrogen-bond acceptors (Lipinski definition) is 3. The van der Waals surface area contributed by atoms with Gasteiger partial charge in [-0.15, -0.1) is 0 Å². The van der Waals surface area contributed by atoms with Crippen LogP contribution in [0.5, 0.6) is 0 Å². The number of nitrogens with zero attached hydrogens (tertiary/aromatic N) is 1. The minimum atomic E-state index is 0.393. The largest absolute Gasteiger partial charge is 0.322 e. The molecule has 17 heavy (non-hydrogen) atoms. The summed E-state index contributed by atoms with van der Waals surface area (Å²) in [4.78, 5) is 4.71. The van der Waals surface area contributed by atoms with Crippen LogP contribution in [0.3, 0.4) is 0 Å². The minimum absolute atomic E-state index is 0.393. The third kappa shape index (κ3) is 2.42. The van der Waals surface area contributed by atoms with Crippen LogP contribution in [0.1, 0.15) is 31.9 Å². The van der Waals surface area contributed by atoms with Crippen LogP contribution in [0.25, 0.3) is 10.9 Å². The molecule has 0 fully saturated rings. The molecular weight excluding hydrogens is 278 g/mol. The van der Waals surface area contributed by atoms with Gasteiger partial charge in [0.05, 0.1) is 16.9 Å². The Labute approximate surface area is 110 Å². The standard InChI is InChI=1S/C13H16BrN3/c1-3-8(2)13-12(17-15)6-9-4-5-10(14)7-11(9)16-13/h4-8,17H,3,15H2,1-2H3. The maximum absolute atomic E-state index is 5.56. The Morgan fingerprint density at radius 3 is 2.82 bits per heavy atom. The first-order chi connectivity index (χ1) is 8.15. The molecule has 4 heteroatoms. The van der Waals surface area contributed by atoms with Gasteiger partial charge in [-0.25, -0.2) is 0 Å². The van der Waals surface area contributed by atoms with Gasteiger partial charge in [0.25, 0.3) is 0 Å². The number of nitrogens with two attached hydrogens (primary N) is 1. The quantitative estimate of drug-likeness (QED) is 0.669. The molecule has 0 aliphatic carbocycles. The van der Waals surface area contributed by atoms with Gasteiger partial charge in [-0.2, -0.15) is 0 Å². The first kappa shape index (κ1) is 12.3. The van der Waals surface area contributed by atoms with Crippen LogP contribution in [0, 0.1) is 0 Å². The number of nitrogens with one attached hydrogen (secondary N) is 1. The van der Waals surface area contributed by atoms with E-state index >= 15 is 0 Å². The number of halogens is 1. The molecule has 0 aliphatic heterocycles. The summed E-state index contributed by atoms with van der Waals surface area (Å²) in [6, 6.07) is 8.12. The van der Waals surface area contributed by atoms with Crippen molar-refractivity contribution in [2.24, 2.45) is 5.84 Å². The molecule has 1 heterocycles. The Bertz CT molecular complexity index is 539. The lowest BCUT2D eigenvalue weighted by atomic mass is 10.0. The van der Waals surface area contributed by atoms with Gasteiger partial charge in [0, 0.05) is 15.8 Å². The van der Waals surface area contributed by atoms with Crippen molar-refractivity contribution in [2.75, 3.05) is 5.43 Å². The van der Waals surface area contributed by atoms with E-state index in [0.717, 1.165) is 33.2 Å². The van der Waals surface area contributed by atoms with Gasteiger partial charge in [0.15, 0.2) is 0 Å². The first-order valence-electron chi connectivity index (χ1n) is 5.72. The van der Waals surface area contributed by atoms with E-state index in [1.165, 1.54) is 0 Å². The van der Waals surface area contributed by atoms with Crippen molar-refractivity contribution in [3.8, 4) is 0 Å². The molecule has 1 aromatic carbocycles. The molecule has 0 saturated carbocycles. The predicted octanol–water partition coefficient (Wildman–Crippen LogP) is 3.80. The summed E-state index contributed by atoms with van der Waals surface area (Å²) in [5, 5.41) is 1.09. The number of aromatic nitrogens is 1. The summed E-state index contributed by atoms with van der Waals surface area (Å²) in [7, 11) is 0. The monoisotopic (exact) mass is 293 g/mol. The number of pyridine rings is 1. The second-order valence-electron chi connectivity index (χ2n) is 4.21. The van der Waals surface area contributed by atoms with Crippen molar-refractivity contribution in [3.05, 3.63) is 34.4 Å². The van der Waals surface area contributed by atoms with Crippen LogP contribution >= 0.6 is 15.9 Å². The summed E-state index contributed by atoms with van der Waals surface area (Å²) >= 11 is 3.47. The van der Waals surface area contributed by atoms with Crippen molar-refractivity contribution >= 4 is 32.5 Å². The van der Waals surface area contributed by atoms with Gasteiger partial charge in [0.2, 0.25) is 0 Å². The van der Waals surface area contributed by atoms with Crippen molar-refractivity contribution in [2.45, 2.75) is 26.2 Å². The van der Waals surface area contributed by atoms with Crippen molar-refractivity contribution in [1.82, 2.24) is 4.98 Å².